The standard InChI is InChI=1S/C28H23ClN2O6S/c1-3-36-23-13-18(12-22(29)24(23)37-15-17-7-4-6-16(2)10-17)11-21-25(32)30-28(38)31(26(21)33)20-9-5-8-19(14-20)27(34)35/h4-14H,3,15H2,1-2H3,(H,34,35)(H,30,32,38). The van der Waals surface area contributed by atoms with Crippen molar-refractivity contribution in [3.63, 3.8) is 0 Å². The third-order valence-electron chi connectivity index (χ3n) is 5.56. The zero-order chi connectivity index (χ0) is 27.4. The zero-order valence-corrected chi connectivity index (χ0v) is 22.1. The van der Waals surface area contributed by atoms with Crippen LogP contribution in [-0.4, -0.2) is 34.6 Å². The van der Waals surface area contributed by atoms with Crippen LogP contribution >= 0.6 is 23.8 Å². The number of hydrogen-bond acceptors (Lipinski definition) is 6. The molecule has 0 bridgehead atoms. The van der Waals surface area contributed by atoms with Gasteiger partial charge in [0.2, 0.25) is 0 Å². The van der Waals surface area contributed by atoms with E-state index in [9.17, 15) is 19.5 Å². The van der Waals surface area contributed by atoms with Crippen LogP contribution < -0.4 is 19.7 Å². The summed E-state index contributed by atoms with van der Waals surface area (Å²) in [5.74, 6) is -1.88. The Morgan fingerprint density at radius 2 is 1.87 bits per heavy atom. The minimum absolute atomic E-state index is 0.0325. The zero-order valence-electron chi connectivity index (χ0n) is 20.5. The first kappa shape index (κ1) is 26.8. The molecule has 2 amide bonds. The Hall–Kier alpha value is -4.21. The van der Waals surface area contributed by atoms with Gasteiger partial charge in [0.1, 0.15) is 12.2 Å². The maximum Gasteiger partial charge on any atom is 0.335 e. The molecule has 0 saturated carbocycles. The molecule has 1 heterocycles. The lowest BCUT2D eigenvalue weighted by Crippen LogP contribution is -2.54. The average molecular weight is 551 g/mol. The van der Waals surface area contributed by atoms with Crippen LogP contribution in [0.4, 0.5) is 5.69 Å². The quantitative estimate of drug-likeness (QED) is 0.227. The van der Waals surface area contributed by atoms with Crippen molar-refractivity contribution in [3.8, 4) is 11.5 Å². The summed E-state index contributed by atoms with van der Waals surface area (Å²) in [5.41, 5.74) is 2.44. The van der Waals surface area contributed by atoms with Gasteiger partial charge in [-0.25, -0.2) is 4.79 Å². The van der Waals surface area contributed by atoms with Crippen molar-refractivity contribution in [1.82, 2.24) is 5.32 Å². The molecule has 8 nitrogen and oxygen atoms in total. The fourth-order valence-electron chi connectivity index (χ4n) is 3.87. The molecular weight excluding hydrogens is 528 g/mol. The summed E-state index contributed by atoms with van der Waals surface area (Å²) in [6.45, 7) is 4.40. The minimum atomic E-state index is -1.16. The van der Waals surface area contributed by atoms with Gasteiger partial charge in [0.05, 0.1) is 22.9 Å². The molecule has 1 aliphatic rings. The first-order chi connectivity index (χ1) is 18.2. The number of thiocarbonyl (C=S) groups is 1. The third kappa shape index (κ3) is 5.85. The summed E-state index contributed by atoms with van der Waals surface area (Å²) in [7, 11) is 0. The van der Waals surface area contributed by atoms with Crippen molar-refractivity contribution in [3.05, 3.63) is 93.5 Å². The number of hydrogen-bond donors (Lipinski definition) is 2. The van der Waals surface area contributed by atoms with Gasteiger partial charge in [-0.3, -0.25) is 19.8 Å². The summed E-state index contributed by atoms with van der Waals surface area (Å²) in [6.07, 6.45) is 1.37. The van der Waals surface area contributed by atoms with Gasteiger partial charge in [0, 0.05) is 0 Å². The van der Waals surface area contributed by atoms with Gasteiger partial charge in [0.15, 0.2) is 16.6 Å². The molecule has 1 saturated heterocycles. The number of carbonyl (C=O) groups excluding carboxylic acids is 2. The molecule has 0 radical (unpaired) electrons. The number of carboxylic acids is 1. The number of halogens is 1. The van der Waals surface area contributed by atoms with Gasteiger partial charge in [-0.05, 0) is 73.6 Å². The van der Waals surface area contributed by atoms with Crippen LogP contribution in [0.5, 0.6) is 11.5 Å². The maximum absolute atomic E-state index is 13.4. The molecule has 0 atom stereocenters. The van der Waals surface area contributed by atoms with Crippen LogP contribution in [0, 0.1) is 6.92 Å². The lowest BCUT2D eigenvalue weighted by Gasteiger charge is -2.29. The van der Waals surface area contributed by atoms with E-state index in [-0.39, 0.29) is 33.6 Å². The highest BCUT2D eigenvalue weighted by Gasteiger charge is 2.35. The Balaban J connectivity index is 1.67. The van der Waals surface area contributed by atoms with Crippen LogP contribution in [0.3, 0.4) is 0 Å². The second-order valence-corrected chi connectivity index (χ2v) is 9.15. The van der Waals surface area contributed by atoms with E-state index >= 15 is 0 Å². The average Bonchev–Trinajstić information content (AvgIpc) is 2.86. The number of ether oxygens (including phenoxy) is 2. The van der Waals surface area contributed by atoms with E-state index < -0.39 is 17.8 Å². The SMILES string of the molecule is CCOc1cc(C=C2C(=O)NC(=S)N(c3cccc(C(=O)O)c3)C2=O)cc(Cl)c1OCc1cccc(C)c1. The van der Waals surface area contributed by atoms with Crippen molar-refractivity contribution < 1.29 is 29.0 Å². The third-order valence-corrected chi connectivity index (χ3v) is 6.13. The normalized spacial score (nSPS) is 14.4. The van der Waals surface area contributed by atoms with E-state index in [2.05, 4.69) is 5.32 Å². The van der Waals surface area contributed by atoms with Gasteiger partial charge < -0.3 is 14.6 Å². The molecule has 2 N–H and O–H groups in total. The van der Waals surface area contributed by atoms with Crippen LogP contribution in [0.25, 0.3) is 6.08 Å². The second-order valence-electron chi connectivity index (χ2n) is 8.35. The van der Waals surface area contributed by atoms with E-state index in [1.54, 1.807) is 12.1 Å². The number of rotatable bonds is 8. The van der Waals surface area contributed by atoms with E-state index in [1.165, 1.54) is 30.3 Å². The predicted octanol–water partition coefficient (Wildman–Crippen LogP) is 5.16. The van der Waals surface area contributed by atoms with E-state index in [4.69, 9.17) is 33.3 Å². The maximum atomic E-state index is 13.4. The second kappa shape index (κ2) is 11.5. The number of aromatic carboxylic acids is 1. The molecule has 0 aromatic heterocycles. The number of benzene rings is 3. The summed E-state index contributed by atoms with van der Waals surface area (Å²) < 4.78 is 11.7. The molecule has 3 aromatic carbocycles. The van der Waals surface area contributed by atoms with E-state index in [0.717, 1.165) is 16.0 Å². The summed E-state index contributed by atoms with van der Waals surface area (Å²) in [4.78, 5) is 38.5. The van der Waals surface area contributed by atoms with E-state index in [0.29, 0.717) is 23.7 Å². The van der Waals surface area contributed by atoms with Crippen molar-refractivity contribution in [1.29, 1.82) is 0 Å². The largest absolute Gasteiger partial charge is 0.490 e. The van der Waals surface area contributed by atoms with Crippen LogP contribution in [-0.2, 0) is 16.2 Å². The highest BCUT2D eigenvalue weighted by atomic mass is 35.5. The number of aryl methyl sites for hydroxylation is 1. The smallest absolute Gasteiger partial charge is 0.335 e. The molecule has 3 aromatic rings. The topological polar surface area (TPSA) is 105 Å². The molecule has 4 rings (SSSR count). The molecule has 0 aliphatic carbocycles. The summed E-state index contributed by atoms with van der Waals surface area (Å²) in [6, 6.07) is 16.7. The van der Waals surface area contributed by atoms with Gasteiger partial charge >= 0.3 is 5.97 Å². The predicted molar refractivity (Wildman–Crippen MR) is 148 cm³/mol. The molecule has 38 heavy (non-hydrogen) atoms. The lowest BCUT2D eigenvalue weighted by atomic mass is 10.1. The van der Waals surface area contributed by atoms with Crippen molar-refractivity contribution in [2.45, 2.75) is 20.5 Å². The Kier molecular flexibility index (Phi) is 8.09. The number of carbonyl (C=O) groups is 3. The number of anilines is 1. The fraction of sp³-hybridized carbons (Fsp3) is 0.143. The van der Waals surface area contributed by atoms with Gasteiger partial charge in [0.25, 0.3) is 11.8 Å². The summed E-state index contributed by atoms with van der Waals surface area (Å²) in [5, 5.41) is 11.9. The van der Waals surface area contributed by atoms with Gasteiger partial charge in [-0.15, -0.1) is 0 Å². The first-order valence-corrected chi connectivity index (χ1v) is 12.4. The lowest BCUT2D eigenvalue weighted by molar-refractivity contribution is -0.122. The van der Waals surface area contributed by atoms with E-state index in [1.807, 2.05) is 38.1 Å². The van der Waals surface area contributed by atoms with Crippen molar-refractivity contribution >= 4 is 58.5 Å². The molecule has 194 valence electrons. The van der Waals surface area contributed by atoms with Crippen LogP contribution in [0.15, 0.2) is 66.2 Å². The molecule has 0 spiro atoms. The summed E-state index contributed by atoms with van der Waals surface area (Å²) >= 11 is 11.7. The Morgan fingerprint density at radius 3 is 2.58 bits per heavy atom. The fourth-order valence-corrected chi connectivity index (χ4v) is 4.42. The Morgan fingerprint density at radius 1 is 1.11 bits per heavy atom. The van der Waals surface area contributed by atoms with Gasteiger partial charge in [-0.1, -0.05) is 47.5 Å². The molecule has 10 heteroatoms. The molecule has 1 fully saturated rings. The number of amides is 2. The minimum Gasteiger partial charge on any atom is -0.490 e. The number of nitrogens with one attached hydrogen (secondary N) is 1. The van der Waals surface area contributed by atoms with Crippen molar-refractivity contribution in [2.24, 2.45) is 0 Å². The molecular formula is C28H23ClN2O6S. The van der Waals surface area contributed by atoms with Crippen molar-refractivity contribution in [2.75, 3.05) is 11.5 Å². The monoisotopic (exact) mass is 550 g/mol. The highest BCUT2D eigenvalue weighted by molar-refractivity contribution is 7.80. The van der Waals surface area contributed by atoms with Gasteiger partial charge in [-0.2, -0.15) is 0 Å². The number of nitrogens with zero attached hydrogens (tertiary/aromatic N) is 1. The van der Waals surface area contributed by atoms with Crippen LogP contribution in [0.2, 0.25) is 5.02 Å². The van der Waals surface area contributed by atoms with Crippen LogP contribution in [0.1, 0.15) is 34.0 Å². The first-order valence-electron chi connectivity index (χ1n) is 11.6. The highest BCUT2D eigenvalue weighted by Crippen LogP contribution is 2.38. The molecule has 0 unspecified atom stereocenters. The molecule has 1 aliphatic heterocycles. The Bertz CT molecular complexity index is 1490. The number of carboxylic acid groups (broad SMARTS) is 1. The Labute approximate surface area is 229 Å².